The van der Waals surface area contributed by atoms with E-state index >= 15 is 0 Å². The van der Waals surface area contributed by atoms with Gasteiger partial charge < -0.3 is 11.1 Å². The van der Waals surface area contributed by atoms with Gasteiger partial charge in [-0.15, -0.1) is 0 Å². The molecule has 0 aliphatic carbocycles. The molecule has 0 aliphatic rings. The molecule has 5 heteroatoms. The minimum Gasteiger partial charge on any atom is -0.324 e. The van der Waals surface area contributed by atoms with Crippen molar-refractivity contribution in [2.75, 3.05) is 5.32 Å². The molecule has 106 valence electrons. The first-order valence-corrected chi connectivity index (χ1v) is 6.73. The summed E-state index contributed by atoms with van der Waals surface area (Å²) in [7, 11) is 1.84. The fourth-order valence-corrected chi connectivity index (χ4v) is 2.12. The van der Waals surface area contributed by atoms with Gasteiger partial charge in [-0.05, 0) is 12.0 Å². The third-order valence-corrected chi connectivity index (χ3v) is 3.15. The van der Waals surface area contributed by atoms with Gasteiger partial charge in [0.25, 0.3) is 0 Å². The minimum absolute atomic E-state index is 0.0935. The number of carbonyl (C=O) groups is 1. The van der Waals surface area contributed by atoms with Crippen molar-refractivity contribution >= 4 is 11.6 Å². The standard InChI is InChI=1S/C15H20N4O/c1-3-13-14(10-19(2)18-13)17-15(20)9-12(16)11-7-5-4-6-8-11/h4-8,10,12H,3,9,16H2,1-2H3,(H,17,20). The van der Waals surface area contributed by atoms with E-state index in [2.05, 4.69) is 10.4 Å². The van der Waals surface area contributed by atoms with E-state index in [0.717, 1.165) is 23.4 Å². The van der Waals surface area contributed by atoms with Crippen LogP contribution in [-0.4, -0.2) is 15.7 Å². The summed E-state index contributed by atoms with van der Waals surface area (Å²) in [5, 5.41) is 7.17. The van der Waals surface area contributed by atoms with E-state index in [0.29, 0.717) is 0 Å². The summed E-state index contributed by atoms with van der Waals surface area (Å²) < 4.78 is 1.70. The quantitative estimate of drug-likeness (QED) is 0.874. The van der Waals surface area contributed by atoms with Gasteiger partial charge in [0.05, 0.1) is 11.4 Å². The number of carbonyl (C=O) groups excluding carboxylic acids is 1. The van der Waals surface area contributed by atoms with Gasteiger partial charge >= 0.3 is 0 Å². The number of hydrogen-bond acceptors (Lipinski definition) is 3. The Morgan fingerprint density at radius 2 is 2.10 bits per heavy atom. The number of aromatic nitrogens is 2. The van der Waals surface area contributed by atoms with Crippen molar-refractivity contribution in [3.05, 3.63) is 47.8 Å². The molecule has 1 aromatic carbocycles. The Kier molecular flexibility index (Phi) is 4.53. The second kappa shape index (κ2) is 6.34. The smallest absolute Gasteiger partial charge is 0.226 e. The van der Waals surface area contributed by atoms with Gasteiger partial charge in [-0.2, -0.15) is 5.10 Å². The molecule has 0 radical (unpaired) electrons. The molecule has 1 heterocycles. The first kappa shape index (κ1) is 14.3. The van der Waals surface area contributed by atoms with Crippen molar-refractivity contribution in [3.63, 3.8) is 0 Å². The van der Waals surface area contributed by atoms with E-state index in [1.807, 2.05) is 50.5 Å². The number of anilines is 1. The molecule has 5 nitrogen and oxygen atoms in total. The summed E-state index contributed by atoms with van der Waals surface area (Å²) in [6, 6.07) is 9.34. The van der Waals surface area contributed by atoms with Gasteiger partial charge in [0.1, 0.15) is 0 Å². The van der Waals surface area contributed by atoms with E-state index in [1.165, 1.54) is 0 Å². The SMILES string of the molecule is CCc1nn(C)cc1NC(=O)CC(N)c1ccccc1. The van der Waals surface area contributed by atoms with Crippen LogP contribution in [0.15, 0.2) is 36.5 Å². The molecule has 1 unspecified atom stereocenters. The van der Waals surface area contributed by atoms with E-state index in [9.17, 15) is 4.79 Å². The van der Waals surface area contributed by atoms with Crippen LogP contribution in [0.25, 0.3) is 0 Å². The number of nitrogens with two attached hydrogens (primary N) is 1. The highest BCUT2D eigenvalue weighted by Crippen LogP contribution is 2.17. The number of rotatable bonds is 5. The van der Waals surface area contributed by atoms with Gasteiger partial charge in [0.2, 0.25) is 5.91 Å². The maximum Gasteiger partial charge on any atom is 0.226 e. The molecule has 2 rings (SSSR count). The molecule has 0 saturated heterocycles. The van der Waals surface area contributed by atoms with Crippen molar-refractivity contribution in [1.29, 1.82) is 0 Å². The molecule has 1 aromatic heterocycles. The zero-order valence-electron chi connectivity index (χ0n) is 11.8. The Labute approximate surface area is 118 Å². The average molecular weight is 272 g/mol. The zero-order valence-corrected chi connectivity index (χ0v) is 11.8. The number of aryl methyl sites for hydroxylation is 2. The van der Waals surface area contributed by atoms with Gasteiger partial charge in [0.15, 0.2) is 0 Å². The van der Waals surface area contributed by atoms with E-state index in [1.54, 1.807) is 4.68 Å². The lowest BCUT2D eigenvalue weighted by Crippen LogP contribution is -2.20. The van der Waals surface area contributed by atoms with Crippen LogP contribution in [-0.2, 0) is 18.3 Å². The summed E-state index contributed by atoms with van der Waals surface area (Å²) in [4.78, 5) is 12.0. The van der Waals surface area contributed by atoms with Gasteiger partial charge in [-0.1, -0.05) is 37.3 Å². The highest BCUT2D eigenvalue weighted by molar-refractivity contribution is 5.91. The molecule has 1 amide bonds. The lowest BCUT2D eigenvalue weighted by Gasteiger charge is -2.11. The monoisotopic (exact) mass is 272 g/mol. The average Bonchev–Trinajstić information content (AvgIpc) is 2.79. The second-order valence-corrected chi connectivity index (χ2v) is 4.79. The lowest BCUT2D eigenvalue weighted by molar-refractivity contribution is -0.116. The Balaban J connectivity index is 1.99. The third-order valence-electron chi connectivity index (χ3n) is 3.15. The van der Waals surface area contributed by atoms with E-state index in [-0.39, 0.29) is 18.4 Å². The fourth-order valence-electron chi connectivity index (χ4n) is 2.12. The molecule has 1 atom stereocenters. The normalized spacial score (nSPS) is 12.2. The maximum absolute atomic E-state index is 12.0. The van der Waals surface area contributed by atoms with Gasteiger partial charge in [-0.3, -0.25) is 9.48 Å². The molecule has 0 saturated carbocycles. The number of nitrogens with one attached hydrogen (secondary N) is 1. The van der Waals surface area contributed by atoms with Crippen molar-refractivity contribution in [3.8, 4) is 0 Å². The molecule has 2 aromatic rings. The zero-order chi connectivity index (χ0) is 14.5. The van der Waals surface area contributed by atoms with Crippen molar-refractivity contribution in [2.24, 2.45) is 12.8 Å². The molecular weight excluding hydrogens is 252 g/mol. The number of benzene rings is 1. The Hall–Kier alpha value is -2.14. The maximum atomic E-state index is 12.0. The molecule has 0 fully saturated rings. The van der Waals surface area contributed by atoms with Crippen LogP contribution < -0.4 is 11.1 Å². The van der Waals surface area contributed by atoms with Crippen molar-refractivity contribution < 1.29 is 4.79 Å². The van der Waals surface area contributed by atoms with Crippen LogP contribution in [0.3, 0.4) is 0 Å². The second-order valence-electron chi connectivity index (χ2n) is 4.79. The summed E-state index contributed by atoms with van der Waals surface area (Å²) in [5.74, 6) is -0.0935. The molecule has 3 N–H and O–H groups in total. The predicted molar refractivity (Wildman–Crippen MR) is 79.2 cm³/mol. The highest BCUT2D eigenvalue weighted by atomic mass is 16.1. The van der Waals surface area contributed by atoms with Crippen LogP contribution in [0.2, 0.25) is 0 Å². The minimum atomic E-state index is -0.294. The highest BCUT2D eigenvalue weighted by Gasteiger charge is 2.14. The first-order valence-electron chi connectivity index (χ1n) is 6.73. The number of nitrogens with zero attached hydrogens (tertiary/aromatic N) is 2. The lowest BCUT2D eigenvalue weighted by atomic mass is 10.0. The predicted octanol–water partition coefficient (Wildman–Crippen LogP) is 2.01. The van der Waals surface area contributed by atoms with E-state index < -0.39 is 0 Å². The molecular formula is C15H20N4O. The summed E-state index contributed by atoms with van der Waals surface area (Å²) in [5.41, 5.74) is 8.65. The molecule has 20 heavy (non-hydrogen) atoms. The number of hydrogen-bond donors (Lipinski definition) is 2. The topological polar surface area (TPSA) is 72.9 Å². The van der Waals surface area contributed by atoms with Crippen LogP contribution >= 0.6 is 0 Å². The molecule has 0 spiro atoms. The van der Waals surface area contributed by atoms with Crippen LogP contribution in [0.4, 0.5) is 5.69 Å². The summed E-state index contributed by atoms with van der Waals surface area (Å²) >= 11 is 0. The van der Waals surface area contributed by atoms with Gasteiger partial charge in [0, 0.05) is 25.7 Å². The third kappa shape index (κ3) is 3.45. The molecule has 0 aliphatic heterocycles. The Bertz CT molecular complexity index is 577. The van der Waals surface area contributed by atoms with Crippen LogP contribution in [0, 0.1) is 0 Å². The Morgan fingerprint density at radius 1 is 1.40 bits per heavy atom. The van der Waals surface area contributed by atoms with Crippen molar-refractivity contribution in [1.82, 2.24) is 9.78 Å². The molecule has 0 bridgehead atoms. The van der Waals surface area contributed by atoms with Crippen molar-refractivity contribution in [2.45, 2.75) is 25.8 Å². The Morgan fingerprint density at radius 3 is 2.75 bits per heavy atom. The van der Waals surface area contributed by atoms with Crippen LogP contribution in [0.1, 0.15) is 30.6 Å². The summed E-state index contributed by atoms with van der Waals surface area (Å²) in [6.07, 6.45) is 2.84. The largest absolute Gasteiger partial charge is 0.324 e. The first-order chi connectivity index (χ1) is 9.60. The van der Waals surface area contributed by atoms with Gasteiger partial charge in [-0.25, -0.2) is 0 Å². The number of amides is 1. The summed E-state index contributed by atoms with van der Waals surface area (Å²) in [6.45, 7) is 2.01. The van der Waals surface area contributed by atoms with E-state index in [4.69, 9.17) is 5.73 Å². The fraction of sp³-hybridized carbons (Fsp3) is 0.333. The van der Waals surface area contributed by atoms with Crippen LogP contribution in [0.5, 0.6) is 0 Å².